The highest BCUT2D eigenvalue weighted by molar-refractivity contribution is 4.99. The number of hydrogen-bond donors (Lipinski definition) is 0. The average Bonchev–Trinajstić information content (AvgIpc) is 2.44. The first-order valence-corrected chi connectivity index (χ1v) is 3.69. The van der Waals surface area contributed by atoms with Crippen LogP contribution in [-0.2, 0) is 4.74 Å². The van der Waals surface area contributed by atoms with Crippen LogP contribution >= 0.6 is 0 Å². The van der Waals surface area contributed by atoms with Crippen LogP contribution in [0.15, 0.2) is 0 Å². The second kappa shape index (κ2) is 2.22. The van der Waals surface area contributed by atoms with Crippen molar-refractivity contribution in [1.29, 1.82) is 5.26 Å². The maximum Gasteiger partial charge on any atom is 0.111 e. The largest absolute Gasteiger partial charge is 0.362 e. The van der Waals surface area contributed by atoms with Crippen molar-refractivity contribution in [3.63, 3.8) is 0 Å². The zero-order valence-electron chi connectivity index (χ0n) is 5.79. The third-order valence-corrected chi connectivity index (χ3v) is 2.27. The van der Waals surface area contributed by atoms with Crippen LogP contribution in [0.1, 0.15) is 12.8 Å². The molecular weight excluding hydrogens is 128 g/mol. The lowest BCUT2D eigenvalue weighted by atomic mass is 10.2. The zero-order chi connectivity index (χ0) is 6.97. The summed E-state index contributed by atoms with van der Waals surface area (Å²) in [6.07, 6.45) is 2.30. The summed E-state index contributed by atoms with van der Waals surface area (Å²) in [6, 6.07) is 2.41. The van der Waals surface area contributed by atoms with Crippen LogP contribution in [0.4, 0.5) is 0 Å². The highest BCUT2D eigenvalue weighted by atomic mass is 16.5. The molecule has 0 aliphatic carbocycles. The van der Waals surface area contributed by atoms with E-state index < -0.39 is 0 Å². The van der Waals surface area contributed by atoms with Crippen LogP contribution in [-0.4, -0.2) is 30.3 Å². The summed E-state index contributed by atoms with van der Waals surface area (Å²) in [5.74, 6) is 0. The van der Waals surface area contributed by atoms with Gasteiger partial charge in [-0.05, 0) is 12.8 Å². The van der Waals surface area contributed by atoms with E-state index in [-0.39, 0.29) is 12.3 Å². The fraction of sp³-hybridized carbons (Fsp3) is 0.857. The first-order valence-electron chi connectivity index (χ1n) is 3.69. The molecule has 2 fully saturated rings. The van der Waals surface area contributed by atoms with Gasteiger partial charge in [0, 0.05) is 6.54 Å². The lowest BCUT2D eigenvalue weighted by Crippen LogP contribution is -2.30. The standard InChI is InChI=1S/C7H10N2O/c8-5-6-1-2-7-9(6)3-4-10-7/h6-7H,1-4H2/t6-,7+/m0/s1. The maximum atomic E-state index is 8.67. The van der Waals surface area contributed by atoms with Gasteiger partial charge < -0.3 is 4.74 Å². The summed E-state index contributed by atoms with van der Waals surface area (Å²) < 4.78 is 5.38. The average molecular weight is 138 g/mol. The molecule has 0 saturated carbocycles. The summed E-state index contributed by atoms with van der Waals surface area (Å²) in [7, 11) is 0. The van der Waals surface area contributed by atoms with Crippen LogP contribution in [0.25, 0.3) is 0 Å². The van der Waals surface area contributed by atoms with Gasteiger partial charge in [0.2, 0.25) is 0 Å². The van der Waals surface area contributed by atoms with Gasteiger partial charge in [-0.15, -0.1) is 0 Å². The zero-order valence-corrected chi connectivity index (χ0v) is 5.79. The van der Waals surface area contributed by atoms with Gasteiger partial charge in [-0.3, -0.25) is 4.90 Å². The van der Waals surface area contributed by atoms with Crippen molar-refractivity contribution in [2.24, 2.45) is 0 Å². The Kier molecular flexibility index (Phi) is 1.37. The highest BCUT2D eigenvalue weighted by Crippen LogP contribution is 2.27. The molecular formula is C7H10N2O. The molecule has 2 atom stereocenters. The quantitative estimate of drug-likeness (QED) is 0.484. The van der Waals surface area contributed by atoms with E-state index in [1.54, 1.807) is 0 Å². The van der Waals surface area contributed by atoms with E-state index in [2.05, 4.69) is 11.0 Å². The van der Waals surface area contributed by atoms with E-state index in [0.717, 1.165) is 26.0 Å². The van der Waals surface area contributed by atoms with E-state index in [1.807, 2.05) is 0 Å². The molecule has 0 unspecified atom stereocenters. The molecule has 0 bridgehead atoms. The molecule has 2 aliphatic rings. The highest BCUT2D eigenvalue weighted by Gasteiger charge is 2.37. The summed E-state index contributed by atoms with van der Waals surface area (Å²) in [5.41, 5.74) is 0. The molecule has 0 spiro atoms. The first-order chi connectivity index (χ1) is 4.92. The van der Waals surface area contributed by atoms with Crippen LogP contribution in [0, 0.1) is 11.3 Å². The smallest absolute Gasteiger partial charge is 0.111 e. The third-order valence-electron chi connectivity index (χ3n) is 2.27. The molecule has 0 aromatic heterocycles. The van der Waals surface area contributed by atoms with Crippen LogP contribution < -0.4 is 0 Å². The molecule has 0 aromatic rings. The van der Waals surface area contributed by atoms with Crippen LogP contribution in [0.2, 0.25) is 0 Å². The Hall–Kier alpha value is -0.590. The minimum atomic E-state index is 0.132. The van der Waals surface area contributed by atoms with Crippen molar-refractivity contribution in [2.75, 3.05) is 13.2 Å². The fourth-order valence-electron chi connectivity index (χ4n) is 1.74. The first kappa shape index (κ1) is 6.14. The normalized spacial score (nSPS) is 39.5. The predicted octanol–water partition coefficient (Wildman–Crippen LogP) is 0.331. The fourth-order valence-corrected chi connectivity index (χ4v) is 1.74. The molecule has 10 heavy (non-hydrogen) atoms. The third kappa shape index (κ3) is 0.731. The molecule has 0 N–H and O–H groups in total. The molecule has 3 heteroatoms. The number of ether oxygens (including phenoxy) is 1. The van der Waals surface area contributed by atoms with Crippen molar-refractivity contribution in [3.05, 3.63) is 0 Å². The number of rotatable bonds is 0. The van der Waals surface area contributed by atoms with E-state index >= 15 is 0 Å². The van der Waals surface area contributed by atoms with E-state index in [4.69, 9.17) is 10.00 Å². The predicted molar refractivity (Wildman–Crippen MR) is 35.1 cm³/mol. The van der Waals surface area contributed by atoms with E-state index in [1.165, 1.54) is 0 Å². The maximum absolute atomic E-state index is 8.67. The lowest BCUT2D eigenvalue weighted by Gasteiger charge is -2.14. The van der Waals surface area contributed by atoms with Gasteiger partial charge in [0.05, 0.1) is 18.7 Å². The summed E-state index contributed by atoms with van der Waals surface area (Å²) >= 11 is 0. The SMILES string of the molecule is N#C[C@@H]1CC[C@H]2OCCN12. The monoisotopic (exact) mass is 138 g/mol. The molecule has 2 aliphatic heterocycles. The van der Waals surface area contributed by atoms with Crippen LogP contribution in [0.5, 0.6) is 0 Å². The molecule has 2 rings (SSSR count). The molecule has 54 valence electrons. The molecule has 3 nitrogen and oxygen atoms in total. The molecule has 0 aromatic carbocycles. The molecule has 0 amide bonds. The number of nitrogens with zero attached hydrogens (tertiary/aromatic N) is 2. The van der Waals surface area contributed by atoms with Gasteiger partial charge >= 0.3 is 0 Å². The topological polar surface area (TPSA) is 36.3 Å². The van der Waals surface area contributed by atoms with Gasteiger partial charge in [-0.25, -0.2) is 0 Å². The van der Waals surface area contributed by atoms with Gasteiger partial charge in [0.15, 0.2) is 0 Å². The Morgan fingerprint density at radius 1 is 1.50 bits per heavy atom. The van der Waals surface area contributed by atoms with Crippen LogP contribution in [0.3, 0.4) is 0 Å². The number of fused-ring (bicyclic) bond motifs is 1. The summed E-state index contributed by atoms with van der Waals surface area (Å²) in [6.45, 7) is 1.76. The molecule has 2 heterocycles. The van der Waals surface area contributed by atoms with E-state index in [9.17, 15) is 0 Å². The Balaban J connectivity index is 2.10. The van der Waals surface area contributed by atoms with Gasteiger partial charge in [0.1, 0.15) is 6.23 Å². The summed E-state index contributed by atoms with van der Waals surface area (Å²) in [4.78, 5) is 2.15. The van der Waals surface area contributed by atoms with Crippen molar-refractivity contribution in [1.82, 2.24) is 4.90 Å². The van der Waals surface area contributed by atoms with Crippen molar-refractivity contribution < 1.29 is 4.74 Å². The minimum absolute atomic E-state index is 0.132. The molecule has 2 saturated heterocycles. The van der Waals surface area contributed by atoms with Gasteiger partial charge in [-0.1, -0.05) is 0 Å². The van der Waals surface area contributed by atoms with E-state index in [0.29, 0.717) is 0 Å². The van der Waals surface area contributed by atoms with Gasteiger partial charge in [-0.2, -0.15) is 5.26 Å². The second-order valence-electron chi connectivity index (χ2n) is 2.79. The number of nitriles is 1. The van der Waals surface area contributed by atoms with Gasteiger partial charge in [0.25, 0.3) is 0 Å². The Bertz CT molecular complexity index is 175. The Labute approximate surface area is 60.2 Å². The second-order valence-corrected chi connectivity index (χ2v) is 2.79. The number of hydrogen-bond acceptors (Lipinski definition) is 3. The summed E-state index contributed by atoms with van der Waals surface area (Å²) in [5, 5.41) is 8.67. The van der Waals surface area contributed by atoms with Crippen molar-refractivity contribution in [3.8, 4) is 6.07 Å². The van der Waals surface area contributed by atoms with Crippen molar-refractivity contribution in [2.45, 2.75) is 25.1 Å². The Morgan fingerprint density at radius 3 is 3.20 bits per heavy atom. The van der Waals surface area contributed by atoms with Crippen molar-refractivity contribution >= 4 is 0 Å². The minimum Gasteiger partial charge on any atom is -0.362 e. The lowest BCUT2D eigenvalue weighted by molar-refractivity contribution is 0.0549. The Morgan fingerprint density at radius 2 is 2.40 bits per heavy atom. The molecule has 0 radical (unpaired) electrons.